The van der Waals surface area contributed by atoms with E-state index in [0.717, 1.165) is 13.0 Å². The highest BCUT2D eigenvalue weighted by atomic mass is 35.5. The number of benzene rings is 1. The average molecular weight is 254 g/mol. The van der Waals surface area contributed by atoms with E-state index in [2.05, 4.69) is 12.0 Å². The Morgan fingerprint density at radius 3 is 2.88 bits per heavy atom. The van der Waals surface area contributed by atoms with E-state index in [1.165, 1.54) is 12.1 Å². The lowest BCUT2D eigenvalue weighted by Gasteiger charge is -2.02. The summed E-state index contributed by atoms with van der Waals surface area (Å²) in [7, 11) is 0. The van der Waals surface area contributed by atoms with Crippen molar-refractivity contribution in [2.45, 2.75) is 19.9 Å². The normalized spacial score (nSPS) is 10.8. The minimum absolute atomic E-state index is 0.318. The lowest BCUT2D eigenvalue weighted by molar-refractivity contribution is 0.604. The van der Waals surface area contributed by atoms with E-state index in [4.69, 9.17) is 17.3 Å². The maximum Gasteiger partial charge on any atom is 0.124 e. The molecule has 0 aliphatic rings. The Labute approximate surface area is 104 Å². The fraction of sp³-hybridized carbons (Fsp3) is 0.250. The first-order chi connectivity index (χ1) is 8.11. The smallest absolute Gasteiger partial charge is 0.124 e. The maximum absolute atomic E-state index is 12.9. The fourth-order valence-corrected chi connectivity index (χ4v) is 1.93. The molecule has 1 heterocycles. The Morgan fingerprint density at radius 1 is 1.47 bits per heavy atom. The highest BCUT2D eigenvalue weighted by Crippen LogP contribution is 2.31. The van der Waals surface area contributed by atoms with Crippen molar-refractivity contribution in [1.29, 1.82) is 0 Å². The molecular weight excluding hydrogens is 241 g/mol. The quantitative estimate of drug-likeness (QED) is 0.912. The van der Waals surface area contributed by atoms with Crippen molar-refractivity contribution in [1.82, 2.24) is 9.78 Å². The second kappa shape index (κ2) is 4.75. The minimum atomic E-state index is -0.370. The molecule has 5 heteroatoms. The molecule has 1 aromatic heterocycles. The second-order valence-electron chi connectivity index (χ2n) is 3.82. The molecular formula is C12H13ClFN3. The Balaban J connectivity index is 2.45. The van der Waals surface area contributed by atoms with Crippen LogP contribution in [0.1, 0.15) is 13.3 Å². The number of aryl methyl sites for hydroxylation is 1. The molecule has 90 valence electrons. The van der Waals surface area contributed by atoms with Gasteiger partial charge in [0, 0.05) is 18.3 Å². The molecule has 0 radical (unpaired) electrons. The molecule has 0 fully saturated rings. The number of rotatable bonds is 3. The van der Waals surface area contributed by atoms with Gasteiger partial charge in [-0.3, -0.25) is 4.68 Å². The summed E-state index contributed by atoms with van der Waals surface area (Å²) in [5.74, 6) is -0.370. The van der Waals surface area contributed by atoms with E-state index in [1.54, 1.807) is 16.9 Å². The van der Waals surface area contributed by atoms with Gasteiger partial charge in [-0.05, 0) is 24.6 Å². The molecule has 0 amide bonds. The number of hydrogen-bond acceptors (Lipinski definition) is 2. The molecule has 1 aromatic carbocycles. The molecule has 0 spiro atoms. The van der Waals surface area contributed by atoms with E-state index in [1.807, 2.05) is 0 Å². The van der Waals surface area contributed by atoms with Gasteiger partial charge in [-0.25, -0.2) is 4.39 Å². The second-order valence-corrected chi connectivity index (χ2v) is 4.23. The predicted molar refractivity (Wildman–Crippen MR) is 67.3 cm³/mol. The molecule has 0 aliphatic carbocycles. The predicted octanol–water partition coefficient (Wildman–Crippen LogP) is 3.33. The SMILES string of the molecule is CCCn1cc(N)c(-c2ccc(F)cc2Cl)n1. The Morgan fingerprint density at radius 2 is 2.24 bits per heavy atom. The van der Waals surface area contributed by atoms with E-state index in [9.17, 15) is 4.39 Å². The third-order valence-electron chi connectivity index (χ3n) is 2.43. The molecule has 0 bridgehead atoms. The van der Waals surface area contributed by atoms with Crippen molar-refractivity contribution in [3.63, 3.8) is 0 Å². The van der Waals surface area contributed by atoms with Crippen molar-refractivity contribution in [2.24, 2.45) is 0 Å². The van der Waals surface area contributed by atoms with Crippen molar-refractivity contribution < 1.29 is 4.39 Å². The average Bonchev–Trinajstić information content (AvgIpc) is 2.60. The van der Waals surface area contributed by atoms with Crippen LogP contribution in [-0.4, -0.2) is 9.78 Å². The van der Waals surface area contributed by atoms with Crippen LogP contribution in [0.4, 0.5) is 10.1 Å². The molecule has 17 heavy (non-hydrogen) atoms. The third kappa shape index (κ3) is 2.42. The van der Waals surface area contributed by atoms with Crippen LogP contribution in [0.2, 0.25) is 5.02 Å². The van der Waals surface area contributed by atoms with Crippen LogP contribution in [0.3, 0.4) is 0 Å². The number of halogens is 2. The van der Waals surface area contributed by atoms with Crippen LogP contribution in [0, 0.1) is 5.82 Å². The van der Waals surface area contributed by atoms with Gasteiger partial charge >= 0.3 is 0 Å². The Bertz CT molecular complexity index is 537. The summed E-state index contributed by atoms with van der Waals surface area (Å²) in [6.45, 7) is 2.85. The zero-order valence-corrected chi connectivity index (χ0v) is 10.2. The van der Waals surface area contributed by atoms with E-state index in [0.29, 0.717) is 22.0 Å². The largest absolute Gasteiger partial charge is 0.396 e. The molecule has 0 atom stereocenters. The third-order valence-corrected chi connectivity index (χ3v) is 2.74. The molecule has 2 aromatic rings. The summed E-state index contributed by atoms with van der Waals surface area (Å²) in [4.78, 5) is 0. The zero-order valence-electron chi connectivity index (χ0n) is 9.45. The maximum atomic E-state index is 12.9. The molecule has 0 aliphatic heterocycles. The van der Waals surface area contributed by atoms with Crippen molar-refractivity contribution in [2.75, 3.05) is 5.73 Å². The first-order valence-electron chi connectivity index (χ1n) is 5.40. The van der Waals surface area contributed by atoms with Gasteiger partial charge in [-0.2, -0.15) is 5.10 Å². The van der Waals surface area contributed by atoms with E-state index >= 15 is 0 Å². The van der Waals surface area contributed by atoms with E-state index < -0.39 is 0 Å². The van der Waals surface area contributed by atoms with Gasteiger partial charge < -0.3 is 5.73 Å². The van der Waals surface area contributed by atoms with Gasteiger partial charge in [0.2, 0.25) is 0 Å². The summed E-state index contributed by atoms with van der Waals surface area (Å²) in [6, 6.07) is 4.20. The molecule has 3 nitrogen and oxygen atoms in total. The molecule has 0 unspecified atom stereocenters. The highest BCUT2D eigenvalue weighted by Gasteiger charge is 2.12. The fourth-order valence-electron chi connectivity index (χ4n) is 1.67. The van der Waals surface area contributed by atoms with E-state index in [-0.39, 0.29) is 5.82 Å². The summed E-state index contributed by atoms with van der Waals surface area (Å²) < 4.78 is 14.7. The lowest BCUT2D eigenvalue weighted by Crippen LogP contribution is -1.96. The number of nitrogens with two attached hydrogens (primary N) is 1. The van der Waals surface area contributed by atoms with Gasteiger partial charge in [-0.15, -0.1) is 0 Å². The van der Waals surface area contributed by atoms with Crippen molar-refractivity contribution >= 4 is 17.3 Å². The van der Waals surface area contributed by atoms with Crippen LogP contribution in [0.5, 0.6) is 0 Å². The van der Waals surface area contributed by atoms with Gasteiger partial charge in [-0.1, -0.05) is 18.5 Å². The van der Waals surface area contributed by atoms with Gasteiger partial charge in [0.05, 0.1) is 10.7 Å². The van der Waals surface area contributed by atoms with Crippen LogP contribution in [-0.2, 0) is 6.54 Å². The Kier molecular flexibility index (Phi) is 3.33. The number of hydrogen-bond donors (Lipinski definition) is 1. The standard InChI is InChI=1S/C12H13ClFN3/c1-2-5-17-7-11(15)12(16-17)9-4-3-8(14)6-10(9)13/h3-4,6-7H,2,5,15H2,1H3. The highest BCUT2D eigenvalue weighted by molar-refractivity contribution is 6.33. The first kappa shape index (κ1) is 11.9. The summed E-state index contributed by atoms with van der Waals surface area (Å²) >= 11 is 5.98. The topological polar surface area (TPSA) is 43.8 Å². The number of anilines is 1. The summed E-state index contributed by atoms with van der Waals surface area (Å²) in [5.41, 5.74) is 7.68. The van der Waals surface area contributed by atoms with Crippen LogP contribution < -0.4 is 5.73 Å². The number of aromatic nitrogens is 2. The van der Waals surface area contributed by atoms with Gasteiger partial charge in [0.1, 0.15) is 11.5 Å². The molecule has 2 N–H and O–H groups in total. The molecule has 0 saturated heterocycles. The van der Waals surface area contributed by atoms with Crippen molar-refractivity contribution in [3.8, 4) is 11.3 Å². The minimum Gasteiger partial charge on any atom is -0.396 e. The van der Waals surface area contributed by atoms with Crippen LogP contribution in [0.25, 0.3) is 11.3 Å². The van der Waals surface area contributed by atoms with Gasteiger partial charge in [0.25, 0.3) is 0 Å². The van der Waals surface area contributed by atoms with Crippen LogP contribution >= 0.6 is 11.6 Å². The number of nitrogen functional groups attached to an aromatic ring is 1. The van der Waals surface area contributed by atoms with Crippen LogP contribution in [0.15, 0.2) is 24.4 Å². The molecule has 0 saturated carbocycles. The van der Waals surface area contributed by atoms with Crippen molar-refractivity contribution in [3.05, 3.63) is 35.2 Å². The summed E-state index contributed by atoms with van der Waals surface area (Å²) in [6.07, 6.45) is 2.73. The van der Waals surface area contributed by atoms with Gasteiger partial charge in [0.15, 0.2) is 0 Å². The lowest BCUT2D eigenvalue weighted by atomic mass is 10.1. The zero-order chi connectivity index (χ0) is 12.4. The molecule has 2 rings (SSSR count). The monoisotopic (exact) mass is 253 g/mol. The summed E-state index contributed by atoms with van der Waals surface area (Å²) in [5, 5.41) is 4.66. The Hall–Kier alpha value is -1.55. The number of nitrogens with zero attached hydrogens (tertiary/aromatic N) is 2. The first-order valence-corrected chi connectivity index (χ1v) is 5.78.